The fourth-order valence-electron chi connectivity index (χ4n) is 2.50. The lowest BCUT2D eigenvalue weighted by molar-refractivity contribution is 0.122. The molecule has 0 amide bonds. The Hall–Kier alpha value is -1.57. The highest BCUT2D eigenvalue weighted by Crippen LogP contribution is 2.36. The second kappa shape index (κ2) is 5.91. The van der Waals surface area contributed by atoms with Crippen molar-refractivity contribution in [2.75, 3.05) is 31.2 Å². The molecule has 1 aliphatic heterocycles. The van der Waals surface area contributed by atoms with Gasteiger partial charge in [0.2, 0.25) is 0 Å². The fourth-order valence-corrected chi connectivity index (χ4v) is 4.07. The lowest BCUT2D eigenvalue weighted by atomic mass is 10.3. The third kappa shape index (κ3) is 2.49. The summed E-state index contributed by atoms with van der Waals surface area (Å²) in [4.78, 5) is 17.1. The molecule has 1 fully saturated rings. The van der Waals surface area contributed by atoms with E-state index in [0.717, 1.165) is 52.5 Å². The maximum Gasteiger partial charge on any atom is 0.181 e. The molecular weight excluding hydrogens is 364 g/mol. The average Bonchev–Trinajstić information content (AvgIpc) is 2.97. The van der Waals surface area contributed by atoms with Gasteiger partial charge in [0.05, 0.1) is 18.6 Å². The number of rotatable bonds is 2. The van der Waals surface area contributed by atoms with Crippen molar-refractivity contribution >= 4 is 43.3 Å². The third-order valence-electron chi connectivity index (χ3n) is 3.57. The SMILES string of the molecule is Brc1csc2nc(-c3ccccn3)nc(N3CCOCC3)c12. The molecule has 0 aromatic carbocycles. The van der Waals surface area contributed by atoms with Crippen LogP contribution in [0.3, 0.4) is 0 Å². The number of thiophene rings is 1. The first kappa shape index (κ1) is 14.0. The van der Waals surface area contributed by atoms with Gasteiger partial charge in [-0.1, -0.05) is 6.07 Å². The topological polar surface area (TPSA) is 51.1 Å². The second-order valence-electron chi connectivity index (χ2n) is 4.95. The van der Waals surface area contributed by atoms with E-state index in [4.69, 9.17) is 9.72 Å². The number of hydrogen-bond acceptors (Lipinski definition) is 6. The Morgan fingerprint density at radius 1 is 1.18 bits per heavy atom. The molecule has 7 heteroatoms. The molecule has 0 unspecified atom stereocenters. The number of nitrogens with zero attached hydrogens (tertiary/aromatic N) is 4. The summed E-state index contributed by atoms with van der Waals surface area (Å²) in [6.45, 7) is 3.14. The van der Waals surface area contributed by atoms with Crippen molar-refractivity contribution in [3.05, 3.63) is 34.2 Å². The van der Waals surface area contributed by atoms with Gasteiger partial charge < -0.3 is 9.64 Å². The van der Waals surface area contributed by atoms with Gasteiger partial charge in [0.15, 0.2) is 5.82 Å². The van der Waals surface area contributed by atoms with E-state index in [2.05, 4.69) is 36.2 Å². The number of pyridine rings is 1. The maximum absolute atomic E-state index is 5.45. The molecule has 0 N–H and O–H groups in total. The van der Waals surface area contributed by atoms with E-state index in [1.54, 1.807) is 17.5 Å². The summed E-state index contributed by atoms with van der Waals surface area (Å²) in [6, 6.07) is 5.79. The largest absolute Gasteiger partial charge is 0.378 e. The number of aromatic nitrogens is 3. The van der Waals surface area contributed by atoms with Gasteiger partial charge in [-0.25, -0.2) is 9.97 Å². The zero-order valence-corrected chi connectivity index (χ0v) is 14.1. The monoisotopic (exact) mass is 376 g/mol. The first-order valence-electron chi connectivity index (χ1n) is 7.02. The van der Waals surface area contributed by atoms with Crippen molar-refractivity contribution in [2.24, 2.45) is 0 Å². The Bertz CT molecular complexity index is 802. The highest BCUT2D eigenvalue weighted by Gasteiger charge is 2.20. The Labute approximate surface area is 140 Å². The van der Waals surface area contributed by atoms with Crippen molar-refractivity contribution in [3.8, 4) is 11.5 Å². The average molecular weight is 377 g/mol. The van der Waals surface area contributed by atoms with E-state index in [9.17, 15) is 0 Å². The predicted molar refractivity (Wildman–Crippen MR) is 91.4 cm³/mol. The zero-order chi connectivity index (χ0) is 14.9. The Morgan fingerprint density at radius 3 is 2.82 bits per heavy atom. The van der Waals surface area contributed by atoms with Gasteiger partial charge >= 0.3 is 0 Å². The van der Waals surface area contributed by atoms with Gasteiger partial charge in [-0.05, 0) is 28.1 Å². The van der Waals surface area contributed by atoms with E-state index < -0.39 is 0 Å². The first-order valence-corrected chi connectivity index (χ1v) is 8.69. The van der Waals surface area contributed by atoms with E-state index >= 15 is 0 Å². The summed E-state index contributed by atoms with van der Waals surface area (Å²) >= 11 is 5.24. The van der Waals surface area contributed by atoms with Crippen LogP contribution in [0.5, 0.6) is 0 Å². The quantitative estimate of drug-likeness (QED) is 0.686. The smallest absolute Gasteiger partial charge is 0.181 e. The molecule has 0 bridgehead atoms. The molecule has 112 valence electrons. The minimum absolute atomic E-state index is 0.670. The molecule has 0 atom stereocenters. The minimum atomic E-state index is 0.670. The van der Waals surface area contributed by atoms with Crippen LogP contribution in [0.1, 0.15) is 0 Å². The van der Waals surface area contributed by atoms with Crippen LogP contribution in [-0.2, 0) is 4.74 Å². The van der Waals surface area contributed by atoms with Crippen molar-refractivity contribution < 1.29 is 4.74 Å². The number of morpholine rings is 1. The molecule has 1 aliphatic rings. The highest BCUT2D eigenvalue weighted by atomic mass is 79.9. The van der Waals surface area contributed by atoms with Crippen LogP contribution in [0.15, 0.2) is 34.2 Å². The highest BCUT2D eigenvalue weighted by molar-refractivity contribution is 9.10. The molecule has 3 aromatic rings. The van der Waals surface area contributed by atoms with Crippen LogP contribution < -0.4 is 4.90 Å². The fraction of sp³-hybridized carbons (Fsp3) is 0.267. The molecule has 0 saturated carbocycles. The number of anilines is 1. The van der Waals surface area contributed by atoms with Crippen LogP contribution in [0.4, 0.5) is 5.82 Å². The molecule has 1 saturated heterocycles. The van der Waals surface area contributed by atoms with Gasteiger partial charge in [-0.2, -0.15) is 0 Å². The molecule has 22 heavy (non-hydrogen) atoms. The van der Waals surface area contributed by atoms with Gasteiger partial charge in [0.1, 0.15) is 16.3 Å². The summed E-state index contributed by atoms with van der Waals surface area (Å²) in [5.41, 5.74) is 0.795. The Balaban J connectivity index is 1.90. The van der Waals surface area contributed by atoms with Gasteiger partial charge in [0.25, 0.3) is 0 Å². The second-order valence-corrected chi connectivity index (χ2v) is 6.66. The number of ether oxygens (including phenoxy) is 1. The Kier molecular flexibility index (Phi) is 3.77. The molecule has 4 heterocycles. The standard InChI is InChI=1S/C15H13BrN4OS/c16-10-9-22-15-12(10)14(20-5-7-21-8-6-20)18-13(19-15)11-3-1-2-4-17-11/h1-4,9H,5-8H2. The molecule has 0 radical (unpaired) electrons. The zero-order valence-electron chi connectivity index (χ0n) is 11.7. The molecular formula is C15H13BrN4OS. The summed E-state index contributed by atoms with van der Waals surface area (Å²) in [5.74, 6) is 1.63. The molecule has 3 aromatic heterocycles. The minimum Gasteiger partial charge on any atom is -0.378 e. The van der Waals surface area contributed by atoms with Gasteiger partial charge in [0, 0.05) is 29.1 Å². The van der Waals surface area contributed by atoms with Crippen molar-refractivity contribution in [1.82, 2.24) is 15.0 Å². The van der Waals surface area contributed by atoms with Crippen molar-refractivity contribution in [3.63, 3.8) is 0 Å². The third-order valence-corrected chi connectivity index (χ3v) is 5.37. The van der Waals surface area contributed by atoms with Crippen LogP contribution >= 0.6 is 27.3 Å². The van der Waals surface area contributed by atoms with E-state index in [0.29, 0.717) is 5.82 Å². The van der Waals surface area contributed by atoms with Crippen molar-refractivity contribution in [1.29, 1.82) is 0 Å². The van der Waals surface area contributed by atoms with E-state index in [1.165, 1.54) is 0 Å². The first-order chi connectivity index (χ1) is 10.8. The van der Waals surface area contributed by atoms with Crippen LogP contribution in [-0.4, -0.2) is 41.3 Å². The lowest BCUT2D eigenvalue weighted by Gasteiger charge is -2.28. The molecule has 5 nitrogen and oxygen atoms in total. The van der Waals surface area contributed by atoms with Crippen LogP contribution in [0.2, 0.25) is 0 Å². The van der Waals surface area contributed by atoms with E-state index in [1.807, 2.05) is 18.2 Å². The lowest BCUT2D eigenvalue weighted by Crippen LogP contribution is -2.37. The summed E-state index contributed by atoms with van der Waals surface area (Å²) in [6.07, 6.45) is 1.77. The number of halogens is 1. The normalized spacial score (nSPS) is 15.4. The van der Waals surface area contributed by atoms with E-state index in [-0.39, 0.29) is 0 Å². The molecule has 4 rings (SSSR count). The van der Waals surface area contributed by atoms with Crippen molar-refractivity contribution in [2.45, 2.75) is 0 Å². The summed E-state index contributed by atoms with van der Waals surface area (Å²) < 4.78 is 6.50. The van der Waals surface area contributed by atoms with Crippen LogP contribution in [0.25, 0.3) is 21.7 Å². The molecule has 0 aliphatic carbocycles. The Morgan fingerprint density at radius 2 is 2.05 bits per heavy atom. The summed E-state index contributed by atoms with van der Waals surface area (Å²) in [7, 11) is 0. The van der Waals surface area contributed by atoms with Gasteiger partial charge in [-0.3, -0.25) is 4.98 Å². The number of fused-ring (bicyclic) bond motifs is 1. The van der Waals surface area contributed by atoms with Gasteiger partial charge in [-0.15, -0.1) is 11.3 Å². The number of hydrogen-bond donors (Lipinski definition) is 0. The maximum atomic E-state index is 5.45. The molecule has 0 spiro atoms. The summed E-state index contributed by atoms with van der Waals surface area (Å²) in [5, 5.41) is 3.14. The van der Waals surface area contributed by atoms with Crippen LogP contribution in [0, 0.1) is 0 Å². The predicted octanol–water partition coefficient (Wildman–Crippen LogP) is 3.35.